The van der Waals surface area contributed by atoms with Gasteiger partial charge < -0.3 is 20.1 Å². The second-order valence-electron chi connectivity index (χ2n) is 5.81. The topological polar surface area (TPSA) is 51.0 Å². The van der Waals surface area contributed by atoms with E-state index in [0.29, 0.717) is 12.6 Å². The second-order valence-corrected chi connectivity index (χ2v) is 5.81. The van der Waals surface area contributed by atoms with Gasteiger partial charge in [0.15, 0.2) is 6.29 Å². The lowest BCUT2D eigenvalue weighted by atomic mass is 10.1. The third kappa shape index (κ3) is 4.68. The largest absolute Gasteiger partial charge is 0.356 e. The van der Waals surface area contributed by atoms with Crippen LogP contribution in [0.3, 0.4) is 0 Å². The summed E-state index contributed by atoms with van der Waals surface area (Å²) in [5.74, 6) is 0.989. The van der Waals surface area contributed by atoms with Gasteiger partial charge in [-0.05, 0) is 18.8 Å². The van der Waals surface area contributed by atoms with Crippen molar-refractivity contribution in [2.45, 2.75) is 31.6 Å². The molecule has 2 N–H and O–H groups in total. The van der Waals surface area contributed by atoms with Crippen LogP contribution in [-0.2, 0) is 9.47 Å². The van der Waals surface area contributed by atoms with E-state index in [1.807, 2.05) is 0 Å². The number of ether oxygens (including phenoxy) is 2. The van der Waals surface area contributed by atoms with E-state index >= 15 is 0 Å². The predicted octanol–water partition coefficient (Wildman–Crippen LogP) is 0.350. The van der Waals surface area contributed by atoms with Crippen molar-refractivity contribution < 1.29 is 9.47 Å². The third-order valence-electron chi connectivity index (χ3n) is 4.40. The first kappa shape index (κ1) is 15.2. The number of methoxy groups -OCH3 is 2. The number of hydrogen-bond acceptors (Lipinski definition) is 5. The van der Waals surface area contributed by atoms with Crippen LogP contribution in [0.15, 0.2) is 0 Å². The third-order valence-corrected chi connectivity index (χ3v) is 4.40. The molecule has 0 spiro atoms. The van der Waals surface area contributed by atoms with Crippen LogP contribution in [0, 0.1) is 5.92 Å². The van der Waals surface area contributed by atoms with Gasteiger partial charge in [0, 0.05) is 66.0 Å². The molecule has 1 saturated carbocycles. The molecule has 2 aliphatic rings. The second kappa shape index (κ2) is 7.55. The van der Waals surface area contributed by atoms with Crippen molar-refractivity contribution in [2.75, 3.05) is 53.5 Å². The molecule has 0 aromatic heterocycles. The Bertz CT molecular complexity index is 249. The van der Waals surface area contributed by atoms with Crippen molar-refractivity contribution >= 4 is 0 Å². The Morgan fingerprint density at radius 2 is 1.74 bits per heavy atom. The van der Waals surface area contributed by atoms with Gasteiger partial charge in [-0.1, -0.05) is 0 Å². The van der Waals surface area contributed by atoms with E-state index in [1.165, 1.54) is 32.5 Å². The van der Waals surface area contributed by atoms with E-state index in [4.69, 9.17) is 15.2 Å². The molecule has 1 heterocycles. The maximum atomic E-state index is 5.92. The molecule has 112 valence electrons. The molecule has 5 nitrogen and oxygen atoms in total. The molecule has 1 aliphatic heterocycles. The fourth-order valence-electron chi connectivity index (χ4n) is 2.88. The zero-order valence-electron chi connectivity index (χ0n) is 12.4. The van der Waals surface area contributed by atoms with Crippen LogP contribution in [0.4, 0.5) is 0 Å². The minimum atomic E-state index is -0.141. The lowest BCUT2D eigenvalue weighted by molar-refractivity contribution is -0.118. The molecule has 1 atom stereocenters. The number of nitrogens with zero attached hydrogens (tertiary/aromatic N) is 2. The maximum absolute atomic E-state index is 5.92. The normalized spacial score (nSPS) is 24.0. The highest BCUT2D eigenvalue weighted by Gasteiger charge is 2.29. The summed E-state index contributed by atoms with van der Waals surface area (Å²) in [6.07, 6.45) is 3.59. The SMILES string of the molecule is COC(CC(CN)N1CCN(CC2CC2)CC1)OC. The Morgan fingerprint density at radius 1 is 1.11 bits per heavy atom. The first-order chi connectivity index (χ1) is 9.26. The molecule has 1 saturated heterocycles. The van der Waals surface area contributed by atoms with Crippen molar-refractivity contribution in [2.24, 2.45) is 11.7 Å². The highest BCUT2D eigenvalue weighted by Crippen LogP contribution is 2.30. The summed E-state index contributed by atoms with van der Waals surface area (Å²) >= 11 is 0. The first-order valence-electron chi connectivity index (χ1n) is 7.48. The maximum Gasteiger partial charge on any atom is 0.158 e. The standard InChI is InChI=1S/C14H29N3O2/c1-18-14(19-2)9-13(10-15)17-7-5-16(6-8-17)11-12-3-4-12/h12-14H,3-11,15H2,1-2H3. The zero-order valence-corrected chi connectivity index (χ0v) is 12.4. The summed E-state index contributed by atoms with van der Waals surface area (Å²) in [5, 5.41) is 0. The monoisotopic (exact) mass is 271 g/mol. The molecule has 19 heavy (non-hydrogen) atoms. The van der Waals surface area contributed by atoms with Gasteiger partial charge in [0.25, 0.3) is 0 Å². The Kier molecular flexibility index (Phi) is 6.04. The summed E-state index contributed by atoms with van der Waals surface area (Å²) in [7, 11) is 3.38. The van der Waals surface area contributed by atoms with E-state index in [2.05, 4.69) is 9.80 Å². The highest BCUT2D eigenvalue weighted by molar-refractivity contribution is 4.83. The highest BCUT2D eigenvalue weighted by atomic mass is 16.7. The fourth-order valence-corrected chi connectivity index (χ4v) is 2.88. The smallest absolute Gasteiger partial charge is 0.158 e. The molecule has 1 aliphatic carbocycles. The van der Waals surface area contributed by atoms with Gasteiger partial charge >= 0.3 is 0 Å². The summed E-state index contributed by atoms with van der Waals surface area (Å²) in [4.78, 5) is 5.10. The number of piperazine rings is 1. The Hall–Kier alpha value is -0.200. The molecule has 2 fully saturated rings. The molecule has 1 unspecified atom stereocenters. The van der Waals surface area contributed by atoms with Crippen LogP contribution in [0.25, 0.3) is 0 Å². The number of rotatable bonds is 8. The fraction of sp³-hybridized carbons (Fsp3) is 1.00. The minimum Gasteiger partial charge on any atom is -0.356 e. The van der Waals surface area contributed by atoms with E-state index in [9.17, 15) is 0 Å². The Balaban J connectivity index is 1.73. The van der Waals surface area contributed by atoms with Crippen LogP contribution in [0.1, 0.15) is 19.3 Å². The van der Waals surface area contributed by atoms with Crippen LogP contribution in [0.2, 0.25) is 0 Å². The van der Waals surface area contributed by atoms with Crippen LogP contribution >= 0.6 is 0 Å². The van der Waals surface area contributed by atoms with E-state index in [0.717, 1.165) is 25.4 Å². The molecule has 0 amide bonds. The molecular formula is C14H29N3O2. The minimum absolute atomic E-state index is 0.141. The molecule has 0 bridgehead atoms. The molecule has 0 aromatic rings. The van der Waals surface area contributed by atoms with E-state index in [1.54, 1.807) is 14.2 Å². The van der Waals surface area contributed by atoms with Gasteiger partial charge in [0.1, 0.15) is 0 Å². The van der Waals surface area contributed by atoms with Gasteiger partial charge in [-0.2, -0.15) is 0 Å². The lowest BCUT2D eigenvalue weighted by Crippen LogP contribution is -2.53. The van der Waals surface area contributed by atoms with Gasteiger partial charge in [0.05, 0.1) is 0 Å². The van der Waals surface area contributed by atoms with Crippen molar-refractivity contribution in [3.63, 3.8) is 0 Å². The van der Waals surface area contributed by atoms with Gasteiger partial charge in [-0.25, -0.2) is 0 Å². The van der Waals surface area contributed by atoms with Crippen molar-refractivity contribution in [3.8, 4) is 0 Å². The zero-order chi connectivity index (χ0) is 13.7. The molecule has 2 rings (SSSR count). The van der Waals surface area contributed by atoms with Crippen LogP contribution < -0.4 is 5.73 Å². The Labute approximate surface area is 117 Å². The number of nitrogens with two attached hydrogens (primary N) is 1. The van der Waals surface area contributed by atoms with Crippen LogP contribution in [0.5, 0.6) is 0 Å². The summed E-state index contributed by atoms with van der Waals surface area (Å²) < 4.78 is 10.6. The predicted molar refractivity (Wildman–Crippen MR) is 76.0 cm³/mol. The molecule has 5 heteroatoms. The average Bonchev–Trinajstić information content (AvgIpc) is 3.26. The van der Waals surface area contributed by atoms with E-state index in [-0.39, 0.29) is 6.29 Å². The van der Waals surface area contributed by atoms with E-state index < -0.39 is 0 Å². The average molecular weight is 271 g/mol. The van der Waals surface area contributed by atoms with Gasteiger partial charge in [0.2, 0.25) is 0 Å². The van der Waals surface area contributed by atoms with Gasteiger partial charge in [-0.3, -0.25) is 4.90 Å². The summed E-state index contributed by atoms with van der Waals surface area (Å²) in [5.41, 5.74) is 5.92. The lowest BCUT2D eigenvalue weighted by Gasteiger charge is -2.39. The van der Waals surface area contributed by atoms with Crippen LogP contribution in [-0.4, -0.2) is 75.6 Å². The van der Waals surface area contributed by atoms with Crippen molar-refractivity contribution in [3.05, 3.63) is 0 Å². The van der Waals surface area contributed by atoms with Crippen molar-refractivity contribution in [1.82, 2.24) is 9.80 Å². The first-order valence-corrected chi connectivity index (χ1v) is 7.48. The van der Waals surface area contributed by atoms with Crippen molar-refractivity contribution in [1.29, 1.82) is 0 Å². The quantitative estimate of drug-likeness (QED) is 0.646. The Morgan fingerprint density at radius 3 is 2.21 bits per heavy atom. The summed E-state index contributed by atoms with van der Waals surface area (Å²) in [6, 6.07) is 0.368. The molecular weight excluding hydrogens is 242 g/mol. The molecule has 0 radical (unpaired) electrons. The number of hydrogen-bond donors (Lipinski definition) is 1. The van der Waals surface area contributed by atoms with Gasteiger partial charge in [-0.15, -0.1) is 0 Å². The molecule has 0 aromatic carbocycles. The summed E-state index contributed by atoms with van der Waals surface area (Å²) in [6.45, 7) is 6.57.